The summed E-state index contributed by atoms with van der Waals surface area (Å²) in [4.78, 5) is 17.3. The van der Waals surface area contributed by atoms with Crippen LogP contribution in [-0.4, -0.2) is 47.2 Å². The molecule has 3 N–H and O–H groups in total. The molecule has 0 unspecified atom stereocenters. The molecule has 174 valence electrons. The lowest BCUT2D eigenvalue weighted by atomic mass is 9.90. The van der Waals surface area contributed by atoms with Crippen molar-refractivity contribution in [2.75, 3.05) is 20.2 Å². The van der Waals surface area contributed by atoms with Gasteiger partial charge in [0.05, 0.1) is 12.7 Å². The van der Waals surface area contributed by atoms with Crippen LogP contribution in [-0.2, 0) is 6.54 Å². The zero-order chi connectivity index (χ0) is 22.9. The van der Waals surface area contributed by atoms with Crippen LogP contribution in [0.4, 0.5) is 0 Å². The number of H-pyrrole nitrogens is 1. The maximum atomic E-state index is 11.4. The van der Waals surface area contributed by atoms with Gasteiger partial charge >= 0.3 is 5.97 Å². The first-order valence-electron chi connectivity index (χ1n) is 12.0. The number of carboxylic acid groups (broad SMARTS) is 1. The van der Waals surface area contributed by atoms with Gasteiger partial charge in [0.1, 0.15) is 5.75 Å². The van der Waals surface area contributed by atoms with Crippen molar-refractivity contribution in [1.82, 2.24) is 15.2 Å². The average Bonchev–Trinajstić information content (AvgIpc) is 3.53. The Morgan fingerprint density at radius 1 is 1.21 bits per heavy atom. The van der Waals surface area contributed by atoms with E-state index >= 15 is 0 Å². The van der Waals surface area contributed by atoms with Crippen LogP contribution in [0, 0.1) is 12.8 Å². The van der Waals surface area contributed by atoms with Crippen LogP contribution < -0.4 is 10.1 Å². The zero-order valence-corrected chi connectivity index (χ0v) is 19.4. The number of aromatic nitrogens is 1. The number of aryl methyl sites for hydroxylation is 1. The molecule has 2 atom stereocenters. The van der Waals surface area contributed by atoms with Gasteiger partial charge in [-0.25, -0.2) is 4.79 Å². The Bertz CT molecular complexity index is 1130. The van der Waals surface area contributed by atoms with Crippen LogP contribution in [0.5, 0.6) is 5.75 Å². The molecule has 5 rings (SSSR count). The van der Waals surface area contributed by atoms with Gasteiger partial charge in [-0.3, -0.25) is 4.90 Å². The Balaban J connectivity index is 1.44. The number of aromatic amines is 1. The fourth-order valence-corrected chi connectivity index (χ4v) is 5.22. The first-order valence-corrected chi connectivity index (χ1v) is 12.0. The first-order chi connectivity index (χ1) is 16.0. The highest BCUT2D eigenvalue weighted by atomic mass is 16.5. The molecule has 2 heterocycles. The van der Waals surface area contributed by atoms with Crippen molar-refractivity contribution in [1.29, 1.82) is 0 Å². The first kappa shape index (κ1) is 22.0. The minimum Gasteiger partial charge on any atom is -0.496 e. The van der Waals surface area contributed by atoms with Crippen LogP contribution in [0.3, 0.4) is 0 Å². The average molecular weight is 448 g/mol. The Kier molecular flexibility index (Phi) is 6.13. The quantitative estimate of drug-likeness (QED) is 0.458. The molecule has 1 saturated heterocycles. The van der Waals surface area contributed by atoms with E-state index in [1.54, 1.807) is 19.2 Å². The number of methoxy groups -OCH3 is 1. The van der Waals surface area contributed by atoms with Gasteiger partial charge in [0.15, 0.2) is 0 Å². The topological polar surface area (TPSA) is 77.6 Å². The van der Waals surface area contributed by atoms with Crippen molar-refractivity contribution >= 4 is 16.9 Å². The fraction of sp³-hybridized carbons (Fsp3) is 0.444. The van der Waals surface area contributed by atoms with Crippen LogP contribution in [0.2, 0.25) is 0 Å². The lowest BCUT2D eigenvalue weighted by Gasteiger charge is -2.40. The summed E-state index contributed by atoms with van der Waals surface area (Å²) in [6.45, 7) is 5.00. The molecule has 0 radical (unpaired) electrons. The van der Waals surface area contributed by atoms with Gasteiger partial charge in [-0.1, -0.05) is 12.1 Å². The number of likely N-dealkylation sites (tertiary alicyclic amines) is 1. The van der Waals surface area contributed by atoms with E-state index in [0.717, 1.165) is 49.7 Å². The van der Waals surface area contributed by atoms with Crippen molar-refractivity contribution in [2.45, 2.75) is 51.2 Å². The number of carbonyl (C=O) groups is 1. The summed E-state index contributed by atoms with van der Waals surface area (Å²) in [7, 11) is 1.74. The largest absolute Gasteiger partial charge is 0.496 e. The molecule has 2 fully saturated rings. The molecule has 0 amide bonds. The monoisotopic (exact) mass is 447 g/mol. The van der Waals surface area contributed by atoms with Gasteiger partial charge in [0, 0.05) is 47.8 Å². The summed E-state index contributed by atoms with van der Waals surface area (Å²) < 4.78 is 5.80. The molecule has 6 heteroatoms. The summed E-state index contributed by atoms with van der Waals surface area (Å²) in [6, 6.07) is 12.4. The van der Waals surface area contributed by atoms with E-state index in [-0.39, 0.29) is 6.04 Å². The molecular formula is C27H33N3O3. The Labute approximate surface area is 194 Å². The summed E-state index contributed by atoms with van der Waals surface area (Å²) in [5.74, 6) is 0.897. The summed E-state index contributed by atoms with van der Waals surface area (Å²) in [5, 5.41) is 14.3. The summed E-state index contributed by atoms with van der Waals surface area (Å²) in [5.41, 5.74) is 5.05. The minimum atomic E-state index is -0.884. The SMILES string of the molecule is COc1cc(C)c2[nH]ccc2c1CN1CC[C@@H](NCC2CC2)C[C@H]1c1ccc(C(=O)O)cc1. The molecule has 2 aromatic carbocycles. The molecule has 2 aliphatic rings. The maximum absolute atomic E-state index is 11.4. The minimum absolute atomic E-state index is 0.221. The van der Waals surface area contributed by atoms with Crippen molar-refractivity contribution < 1.29 is 14.6 Å². The third kappa shape index (κ3) is 4.63. The number of benzene rings is 2. The molecule has 33 heavy (non-hydrogen) atoms. The number of ether oxygens (including phenoxy) is 1. The number of aromatic carboxylic acids is 1. The highest BCUT2D eigenvalue weighted by Crippen LogP contribution is 2.37. The lowest BCUT2D eigenvalue weighted by Crippen LogP contribution is -2.44. The predicted molar refractivity (Wildman–Crippen MR) is 130 cm³/mol. The molecule has 1 aromatic heterocycles. The normalized spacial score (nSPS) is 21.4. The van der Waals surface area contributed by atoms with E-state index in [9.17, 15) is 9.90 Å². The van der Waals surface area contributed by atoms with Crippen LogP contribution in [0.1, 0.15) is 58.8 Å². The van der Waals surface area contributed by atoms with E-state index in [1.807, 2.05) is 18.3 Å². The van der Waals surface area contributed by atoms with Crippen molar-refractivity contribution in [3.8, 4) is 5.75 Å². The van der Waals surface area contributed by atoms with Crippen LogP contribution in [0.25, 0.3) is 10.9 Å². The Morgan fingerprint density at radius 3 is 2.70 bits per heavy atom. The summed E-state index contributed by atoms with van der Waals surface area (Å²) in [6.07, 6.45) is 6.83. The molecule has 1 saturated carbocycles. The van der Waals surface area contributed by atoms with E-state index < -0.39 is 5.97 Å². The van der Waals surface area contributed by atoms with Crippen LogP contribution in [0.15, 0.2) is 42.6 Å². The molecule has 1 aliphatic heterocycles. The van der Waals surface area contributed by atoms with Crippen LogP contribution >= 0.6 is 0 Å². The van der Waals surface area contributed by atoms with Crippen molar-refractivity contribution in [3.63, 3.8) is 0 Å². The number of hydrogen-bond donors (Lipinski definition) is 3. The van der Waals surface area contributed by atoms with Crippen molar-refractivity contribution in [2.24, 2.45) is 5.92 Å². The van der Waals surface area contributed by atoms with Gasteiger partial charge in [0.25, 0.3) is 0 Å². The highest BCUT2D eigenvalue weighted by Gasteiger charge is 2.32. The van der Waals surface area contributed by atoms with Gasteiger partial charge in [0.2, 0.25) is 0 Å². The lowest BCUT2D eigenvalue weighted by molar-refractivity contribution is 0.0696. The molecule has 1 aliphatic carbocycles. The number of piperidine rings is 1. The predicted octanol–water partition coefficient (Wildman–Crippen LogP) is 4.89. The number of nitrogens with zero attached hydrogens (tertiary/aromatic N) is 1. The molecule has 0 bridgehead atoms. The molecular weight excluding hydrogens is 414 g/mol. The fourth-order valence-electron chi connectivity index (χ4n) is 5.22. The van der Waals surface area contributed by atoms with Gasteiger partial charge in [-0.2, -0.15) is 0 Å². The molecule has 3 aromatic rings. The van der Waals surface area contributed by atoms with Gasteiger partial charge in [-0.05, 0) is 80.5 Å². The number of hydrogen-bond acceptors (Lipinski definition) is 4. The number of fused-ring (bicyclic) bond motifs is 1. The maximum Gasteiger partial charge on any atom is 0.335 e. The van der Waals surface area contributed by atoms with E-state index in [2.05, 4.69) is 34.3 Å². The van der Waals surface area contributed by atoms with Gasteiger partial charge in [-0.15, -0.1) is 0 Å². The van der Waals surface area contributed by atoms with Gasteiger partial charge < -0.3 is 20.1 Å². The van der Waals surface area contributed by atoms with Crippen molar-refractivity contribution in [3.05, 3.63) is 64.8 Å². The summed E-state index contributed by atoms with van der Waals surface area (Å²) >= 11 is 0. The molecule has 0 spiro atoms. The van der Waals surface area contributed by atoms with E-state index in [4.69, 9.17) is 4.74 Å². The zero-order valence-electron chi connectivity index (χ0n) is 19.4. The second kappa shape index (κ2) is 9.20. The second-order valence-electron chi connectivity index (χ2n) is 9.63. The second-order valence-corrected chi connectivity index (χ2v) is 9.63. The highest BCUT2D eigenvalue weighted by molar-refractivity contribution is 5.88. The van der Waals surface area contributed by atoms with E-state index in [1.165, 1.54) is 34.9 Å². The third-order valence-corrected chi connectivity index (χ3v) is 7.34. The Hall–Kier alpha value is -2.83. The smallest absolute Gasteiger partial charge is 0.335 e. The van der Waals surface area contributed by atoms with E-state index in [0.29, 0.717) is 11.6 Å². The number of rotatable bonds is 8. The standard InChI is InChI=1S/C27H33N3O3/c1-17-13-25(33-2)23(22-9-11-28-26(17)22)16-30-12-10-21(29-15-18-3-4-18)14-24(30)19-5-7-20(8-6-19)27(31)32/h5-9,11,13,18,21,24,28-29H,3-4,10,12,14-16H2,1-2H3,(H,31,32)/t21-,24+/m1/s1. The number of nitrogens with one attached hydrogen (secondary N) is 2. The number of carboxylic acids is 1. The third-order valence-electron chi connectivity index (χ3n) is 7.34. The molecule has 6 nitrogen and oxygen atoms in total. The Morgan fingerprint density at radius 2 is 2.00 bits per heavy atom.